The number of hydrogen-bond acceptors (Lipinski definition) is 3. The van der Waals surface area contributed by atoms with Crippen molar-refractivity contribution in [2.45, 2.75) is 37.5 Å². The molecule has 2 atom stereocenters. The minimum atomic E-state index is -0.369. The Bertz CT molecular complexity index is 718. The van der Waals surface area contributed by atoms with Crippen LogP contribution < -0.4 is 5.32 Å². The largest absolute Gasteiger partial charge is 0.337 e. The minimum absolute atomic E-state index is 0.0172. The number of imide groups is 1. The predicted octanol–water partition coefficient (Wildman–Crippen LogP) is 2.14. The number of urea groups is 1. The first-order valence-corrected chi connectivity index (χ1v) is 9.91. The fourth-order valence-corrected chi connectivity index (χ4v) is 5.02. The van der Waals surface area contributed by atoms with Crippen molar-refractivity contribution >= 4 is 17.8 Å². The van der Waals surface area contributed by atoms with E-state index in [1.807, 2.05) is 6.07 Å². The molecule has 2 aliphatic heterocycles. The van der Waals surface area contributed by atoms with Gasteiger partial charge in [-0.2, -0.15) is 0 Å². The van der Waals surface area contributed by atoms with Crippen LogP contribution in [0, 0.1) is 11.8 Å². The molecule has 3 fully saturated rings. The maximum Gasteiger partial charge on any atom is 0.317 e. The zero-order chi connectivity index (χ0) is 19.0. The van der Waals surface area contributed by atoms with E-state index in [2.05, 4.69) is 29.6 Å². The van der Waals surface area contributed by atoms with Gasteiger partial charge in [0.2, 0.25) is 11.8 Å². The van der Waals surface area contributed by atoms with Crippen molar-refractivity contribution in [1.82, 2.24) is 15.1 Å². The number of amides is 4. The fraction of sp³-hybridized carbons (Fsp3) is 0.571. The van der Waals surface area contributed by atoms with Crippen LogP contribution in [0.4, 0.5) is 4.79 Å². The van der Waals surface area contributed by atoms with E-state index >= 15 is 0 Å². The topological polar surface area (TPSA) is 69.7 Å². The molecule has 1 aliphatic carbocycles. The highest BCUT2D eigenvalue weighted by molar-refractivity contribution is 6.06. The van der Waals surface area contributed by atoms with Crippen LogP contribution in [0.3, 0.4) is 0 Å². The maximum atomic E-state index is 12.8. The molecule has 6 nitrogen and oxygen atoms in total. The summed E-state index contributed by atoms with van der Waals surface area (Å²) in [4.78, 5) is 39.9. The van der Waals surface area contributed by atoms with Crippen molar-refractivity contribution in [3.63, 3.8) is 0 Å². The first-order chi connectivity index (χ1) is 13.0. The lowest BCUT2D eigenvalue weighted by Gasteiger charge is -2.38. The number of carbonyl (C=O) groups is 3. The predicted molar refractivity (Wildman–Crippen MR) is 101 cm³/mol. The molecular weight excluding hydrogens is 342 g/mol. The van der Waals surface area contributed by atoms with E-state index in [0.29, 0.717) is 19.6 Å². The van der Waals surface area contributed by atoms with E-state index in [4.69, 9.17) is 0 Å². The first-order valence-electron chi connectivity index (χ1n) is 9.91. The van der Waals surface area contributed by atoms with Gasteiger partial charge in [-0.3, -0.25) is 14.5 Å². The summed E-state index contributed by atoms with van der Waals surface area (Å²) < 4.78 is 0. The second-order valence-electron chi connectivity index (χ2n) is 8.22. The summed E-state index contributed by atoms with van der Waals surface area (Å²) in [5, 5.41) is 3.11. The second-order valence-corrected chi connectivity index (χ2v) is 8.22. The van der Waals surface area contributed by atoms with Crippen molar-refractivity contribution in [1.29, 1.82) is 0 Å². The number of likely N-dealkylation sites (tertiary alicyclic amines) is 2. The van der Waals surface area contributed by atoms with Gasteiger partial charge in [0.1, 0.15) is 0 Å². The van der Waals surface area contributed by atoms with Crippen molar-refractivity contribution in [2.75, 3.05) is 26.7 Å². The fourth-order valence-electron chi connectivity index (χ4n) is 5.02. The Hall–Kier alpha value is -2.37. The van der Waals surface area contributed by atoms with Crippen LogP contribution in [0.15, 0.2) is 30.3 Å². The van der Waals surface area contributed by atoms with Crippen LogP contribution >= 0.6 is 0 Å². The lowest BCUT2D eigenvalue weighted by molar-refractivity contribution is -0.138. The lowest BCUT2D eigenvalue weighted by Crippen LogP contribution is -2.47. The molecule has 0 radical (unpaired) electrons. The van der Waals surface area contributed by atoms with Crippen LogP contribution in [-0.2, 0) is 15.0 Å². The Kier molecular flexibility index (Phi) is 4.66. The number of nitrogens with zero attached hydrogens (tertiary/aromatic N) is 2. The Morgan fingerprint density at radius 3 is 2.22 bits per heavy atom. The third-order valence-corrected chi connectivity index (χ3v) is 6.68. The van der Waals surface area contributed by atoms with E-state index in [1.54, 1.807) is 4.90 Å². The Balaban J connectivity index is 1.43. The standard InChI is InChI=1S/C21H27N3O3/c1-23-18(25)16-12-24(13-17(16)19(23)26)20(27)22-14-21(10-6-3-7-11-21)15-8-4-2-5-9-15/h2,4-5,8-9,16-17H,3,6-7,10-14H2,1H3,(H,22,27)/t16-,17+. The third kappa shape index (κ3) is 3.11. The molecule has 4 amide bonds. The molecule has 2 saturated heterocycles. The van der Waals surface area contributed by atoms with Crippen LogP contribution in [0.1, 0.15) is 37.7 Å². The van der Waals surface area contributed by atoms with Gasteiger partial charge in [0.05, 0.1) is 11.8 Å². The molecule has 1 aromatic carbocycles. The van der Waals surface area contributed by atoms with Gasteiger partial charge in [-0.15, -0.1) is 0 Å². The Labute approximate surface area is 159 Å². The van der Waals surface area contributed by atoms with Crippen molar-refractivity contribution in [2.24, 2.45) is 11.8 Å². The maximum absolute atomic E-state index is 12.8. The monoisotopic (exact) mass is 369 g/mol. The third-order valence-electron chi connectivity index (χ3n) is 6.68. The number of fused-ring (bicyclic) bond motifs is 1. The molecule has 1 N–H and O–H groups in total. The average Bonchev–Trinajstić information content (AvgIpc) is 3.24. The van der Waals surface area contributed by atoms with Gasteiger partial charge in [0.25, 0.3) is 0 Å². The quantitative estimate of drug-likeness (QED) is 0.830. The molecule has 1 aromatic rings. The zero-order valence-corrected chi connectivity index (χ0v) is 15.8. The average molecular weight is 369 g/mol. The normalized spacial score (nSPS) is 27.0. The van der Waals surface area contributed by atoms with Crippen molar-refractivity contribution in [3.8, 4) is 0 Å². The first kappa shape index (κ1) is 18.0. The smallest absolute Gasteiger partial charge is 0.317 e. The highest BCUT2D eigenvalue weighted by Crippen LogP contribution is 2.39. The zero-order valence-electron chi connectivity index (χ0n) is 15.8. The van der Waals surface area contributed by atoms with E-state index < -0.39 is 0 Å². The van der Waals surface area contributed by atoms with Gasteiger partial charge in [0.15, 0.2) is 0 Å². The molecule has 6 heteroatoms. The highest BCUT2D eigenvalue weighted by Gasteiger charge is 2.52. The minimum Gasteiger partial charge on any atom is -0.337 e. The summed E-state index contributed by atoms with van der Waals surface area (Å²) in [6, 6.07) is 10.3. The molecule has 0 unspecified atom stereocenters. The molecule has 27 heavy (non-hydrogen) atoms. The Morgan fingerprint density at radius 1 is 1.04 bits per heavy atom. The molecule has 1 saturated carbocycles. The highest BCUT2D eigenvalue weighted by atomic mass is 16.2. The second kappa shape index (κ2) is 6.98. The van der Waals surface area contributed by atoms with Crippen molar-refractivity contribution < 1.29 is 14.4 Å². The van der Waals surface area contributed by atoms with E-state index in [1.165, 1.54) is 36.8 Å². The lowest BCUT2D eigenvalue weighted by atomic mass is 9.69. The van der Waals surface area contributed by atoms with Crippen LogP contribution in [0.25, 0.3) is 0 Å². The van der Waals surface area contributed by atoms with Gasteiger partial charge >= 0.3 is 6.03 Å². The summed E-state index contributed by atoms with van der Waals surface area (Å²) >= 11 is 0. The van der Waals surface area contributed by atoms with Gasteiger partial charge in [-0.1, -0.05) is 49.6 Å². The number of nitrogens with one attached hydrogen (secondary N) is 1. The van der Waals surface area contributed by atoms with E-state index in [-0.39, 0.29) is 35.1 Å². The summed E-state index contributed by atoms with van der Waals surface area (Å²) in [6.07, 6.45) is 5.74. The molecule has 3 aliphatic rings. The van der Waals surface area contributed by atoms with Crippen molar-refractivity contribution in [3.05, 3.63) is 35.9 Å². The molecule has 0 spiro atoms. The number of rotatable bonds is 3. The number of hydrogen-bond donors (Lipinski definition) is 1. The molecule has 0 bridgehead atoms. The molecule has 144 valence electrons. The molecular formula is C21H27N3O3. The summed E-state index contributed by atoms with van der Waals surface area (Å²) in [5.41, 5.74) is 1.27. The van der Waals surface area contributed by atoms with Crippen LogP contribution in [0.2, 0.25) is 0 Å². The molecule has 4 rings (SSSR count). The van der Waals surface area contributed by atoms with E-state index in [0.717, 1.165) is 12.8 Å². The van der Waals surface area contributed by atoms with Gasteiger partial charge in [0, 0.05) is 32.1 Å². The van der Waals surface area contributed by atoms with Crippen LogP contribution in [-0.4, -0.2) is 54.3 Å². The Morgan fingerprint density at radius 2 is 1.63 bits per heavy atom. The van der Waals surface area contributed by atoms with Crippen LogP contribution in [0.5, 0.6) is 0 Å². The summed E-state index contributed by atoms with van der Waals surface area (Å²) in [6.45, 7) is 1.27. The SMILES string of the molecule is CN1C(=O)[C@H]2CN(C(=O)NCC3(c4ccccc4)CCCCC3)C[C@H]2C1=O. The van der Waals surface area contributed by atoms with E-state index in [9.17, 15) is 14.4 Å². The number of benzene rings is 1. The number of carbonyl (C=O) groups excluding carboxylic acids is 3. The summed E-state index contributed by atoms with van der Waals surface area (Å²) in [7, 11) is 1.53. The molecule has 0 aromatic heterocycles. The van der Waals surface area contributed by atoms with Gasteiger partial charge in [-0.05, 0) is 18.4 Å². The molecule has 2 heterocycles. The summed E-state index contributed by atoms with van der Waals surface area (Å²) in [5.74, 6) is -1.06. The van der Waals surface area contributed by atoms with Gasteiger partial charge < -0.3 is 10.2 Å². The van der Waals surface area contributed by atoms with Gasteiger partial charge in [-0.25, -0.2) is 4.79 Å².